The topological polar surface area (TPSA) is 62.5 Å². The SMILES string of the molecule is Cc1cc2ncc(C(C)Nc3ccc(O)cc3)c(C)n2n1. The van der Waals surface area contributed by atoms with Gasteiger partial charge in [-0.2, -0.15) is 5.10 Å². The van der Waals surface area contributed by atoms with Crippen molar-refractivity contribution in [2.24, 2.45) is 0 Å². The van der Waals surface area contributed by atoms with Gasteiger partial charge in [0.05, 0.1) is 11.7 Å². The van der Waals surface area contributed by atoms with Gasteiger partial charge in [-0.1, -0.05) is 0 Å². The fraction of sp³-hybridized carbons (Fsp3) is 0.250. The van der Waals surface area contributed by atoms with Gasteiger partial charge in [0.15, 0.2) is 5.65 Å². The van der Waals surface area contributed by atoms with Gasteiger partial charge in [0.2, 0.25) is 0 Å². The zero-order valence-electron chi connectivity index (χ0n) is 12.3. The third-order valence-corrected chi connectivity index (χ3v) is 3.60. The van der Waals surface area contributed by atoms with Gasteiger partial charge in [-0.05, 0) is 45.0 Å². The largest absolute Gasteiger partial charge is 0.508 e. The second kappa shape index (κ2) is 5.09. The zero-order chi connectivity index (χ0) is 15.0. The third-order valence-electron chi connectivity index (χ3n) is 3.60. The van der Waals surface area contributed by atoms with Crippen LogP contribution in [0.25, 0.3) is 5.65 Å². The third kappa shape index (κ3) is 2.54. The summed E-state index contributed by atoms with van der Waals surface area (Å²) in [5, 5.41) is 17.2. The summed E-state index contributed by atoms with van der Waals surface area (Å²) in [7, 11) is 0. The molecule has 2 aromatic heterocycles. The lowest BCUT2D eigenvalue weighted by atomic mass is 10.1. The lowest BCUT2D eigenvalue weighted by Gasteiger charge is -2.18. The van der Waals surface area contributed by atoms with E-state index in [1.54, 1.807) is 12.1 Å². The number of phenols is 1. The second-order valence-electron chi connectivity index (χ2n) is 5.27. The van der Waals surface area contributed by atoms with E-state index in [0.29, 0.717) is 0 Å². The van der Waals surface area contributed by atoms with E-state index in [1.807, 2.05) is 42.8 Å². The Morgan fingerprint density at radius 3 is 2.62 bits per heavy atom. The Bertz CT molecular complexity index is 777. The molecular formula is C16H18N4O. The average Bonchev–Trinajstić information content (AvgIpc) is 2.83. The van der Waals surface area contributed by atoms with E-state index in [4.69, 9.17) is 0 Å². The molecule has 1 unspecified atom stereocenters. The molecule has 2 heterocycles. The number of aryl methyl sites for hydroxylation is 2. The summed E-state index contributed by atoms with van der Waals surface area (Å²) in [5.41, 5.74) is 4.95. The van der Waals surface area contributed by atoms with Gasteiger partial charge >= 0.3 is 0 Å². The smallest absolute Gasteiger partial charge is 0.155 e. The Balaban J connectivity index is 1.92. The number of benzene rings is 1. The number of hydrogen-bond acceptors (Lipinski definition) is 4. The lowest BCUT2D eigenvalue weighted by molar-refractivity contribution is 0.475. The minimum atomic E-state index is 0.0935. The molecule has 5 heteroatoms. The highest BCUT2D eigenvalue weighted by atomic mass is 16.3. The first-order valence-electron chi connectivity index (χ1n) is 6.92. The van der Waals surface area contributed by atoms with Crippen LogP contribution in [-0.2, 0) is 0 Å². The molecule has 0 aliphatic heterocycles. The monoisotopic (exact) mass is 282 g/mol. The van der Waals surface area contributed by atoms with Crippen LogP contribution in [0.3, 0.4) is 0 Å². The number of anilines is 1. The predicted molar refractivity (Wildman–Crippen MR) is 82.6 cm³/mol. The number of hydrogen-bond donors (Lipinski definition) is 2. The first-order valence-corrected chi connectivity index (χ1v) is 6.92. The Morgan fingerprint density at radius 2 is 1.90 bits per heavy atom. The van der Waals surface area contributed by atoms with Crippen molar-refractivity contribution in [2.45, 2.75) is 26.8 Å². The maximum atomic E-state index is 9.32. The first kappa shape index (κ1) is 13.4. The van der Waals surface area contributed by atoms with E-state index >= 15 is 0 Å². The highest BCUT2D eigenvalue weighted by molar-refractivity contribution is 5.49. The van der Waals surface area contributed by atoms with Gasteiger partial charge in [0.25, 0.3) is 0 Å². The van der Waals surface area contributed by atoms with Crippen LogP contribution in [0.2, 0.25) is 0 Å². The molecule has 0 fully saturated rings. The molecule has 0 radical (unpaired) electrons. The number of nitrogens with zero attached hydrogens (tertiary/aromatic N) is 3. The van der Waals surface area contributed by atoms with Crippen molar-refractivity contribution in [3.8, 4) is 5.75 Å². The lowest BCUT2D eigenvalue weighted by Crippen LogP contribution is -2.11. The molecule has 108 valence electrons. The van der Waals surface area contributed by atoms with Crippen molar-refractivity contribution < 1.29 is 5.11 Å². The summed E-state index contributed by atoms with van der Waals surface area (Å²) in [6.07, 6.45) is 1.89. The van der Waals surface area contributed by atoms with Gasteiger partial charge in [0, 0.05) is 29.2 Å². The zero-order valence-corrected chi connectivity index (χ0v) is 12.3. The van der Waals surface area contributed by atoms with Crippen LogP contribution in [0.4, 0.5) is 5.69 Å². The molecule has 3 rings (SSSR count). The molecule has 5 nitrogen and oxygen atoms in total. The van der Waals surface area contributed by atoms with Crippen molar-refractivity contribution in [3.05, 3.63) is 53.5 Å². The van der Waals surface area contributed by atoms with Crippen molar-refractivity contribution in [2.75, 3.05) is 5.32 Å². The van der Waals surface area contributed by atoms with Crippen molar-refractivity contribution in [1.29, 1.82) is 0 Å². The van der Waals surface area contributed by atoms with Crippen LogP contribution in [-0.4, -0.2) is 19.7 Å². The van der Waals surface area contributed by atoms with Crippen LogP contribution in [0.5, 0.6) is 5.75 Å². The Labute approximate surface area is 123 Å². The van der Waals surface area contributed by atoms with Crippen LogP contribution in [0.1, 0.15) is 29.9 Å². The predicted octanol–water partition coefficient (Wildman–Crippen LogP) is 3.22. The van der Waals surface area contributed by atoms with Gasteiger partial charge in [-0.15, -0.1) is 0 Å². The minimum Gasteiger partial charge on any atom is -0.508 e. The number of nitrogens with one attached hydrogen (secondary N) is 1. The van der Waals surface area contributed by atoms with Gasteiger partial charge in [-0.3, -0.25) is 0 Å². The van der Waals surface area contributed by atoms with E-state index in [9.17, 15) is 5.11 Å². The van der Waals surface area contributed by atoms with Gasteiger partial charge in [-0.25, -0.2) is 9.50 Å². The fourth-order valence-corrected chi connectivity index (χ4v) is 2.49. The van der Waals surface area contributed by atoms with Gasteiger partial charge in [0.1, 0.15) is 5.75 Å². The Morgan fingerprint density at radius 1 is 1.19 bits per heavy atom. The molecule has 0 aliphatic rings. The van der Waals surface area contributed by atoms with Gasteiger partial charge < -0.3 is 10.4 Å². The number of phenolic OH excluding ortho intramolecular Hbond substituents is 1. The van der Waals surface area contributed by atoms with E-state index in [2.05, 4.69) is 22.3 Å². The highest BCUT2D eigenvalue weighted by Crippen LogP contribution is 2.23. The Hall–Kier alpha value is -2.56. The quantitative estimate of drug-likeness (QED) is 0.724. The number of aromatic nitrogens is 3. The van der Waals surface area contributed by atoms with E-state index in [-0.39, 0.29) is 11.8 Å². The number of rotatable bonds is 3. The molecule has 0 bridgehead atoms. The van der Waals surface area contributed by atoms with Crippen molar-refractivity contribution in [3.63, 3.8) is 0 Å². The van der Waals surface area contributed by atoms with E-state index in [0.717, 1.165) is 28.3 Å². The Kier molecular flexibility index (Phi) is 3.25. The molecule has 21 heavy (non-hydrogen) atoms. The highest BCUT2D eigenvalue weighted by Gasteiger charge is 2.13. The molecule has 2 N–H and O–H groups in total. The van der Waals surface area contributed by atoms with Crippen LogP contribution in [0.15, 0.2) is 36.5 Å². The molecule has 0 amide bonds. The van der Waals surface area contributed by atoms with Crippen molar-refractivity contribution >= 4 is 11.3 Å². The maximum absolute atomic E-state index is 9.32. The molecule has 0 saturated carbocycles. The summed E-state index contributed by atoms with van der Waals surface area (Å²) in [6, 6.07) is 9.10. The first-order chi connectivity index (χ1) is 10.0. The standard InChI is InChI=1S/C16H18N4O/c1-10-8-16-17-9-15(12(3)20(16)19-10)11(2)18-13-4-6-14(21)7-5-13/h4-9,11,18,21H,1-3H3. The summed E-state index contributed by atoms with van der Waals surface area (Å²) < 4.78 is 1.87. The maximum Gasteiger partial charge on any atom is 0.155 e. The van der Waals surface area contributed by atoms with Crippen LogP contribution >= 0.6 is 0 Å². The summed E-state index contributed by atoms with van der Waals surface area (Å²) >= 11 is 0. The number of aromatic hydroxyl groups is 1. The summed E-state index contributed by atoms with van der Waals surface area (Å²) in [5.74, 6) is 0.263. The van der Waals surface area contributed by atoms with Crippen molar-refractivity contribution in [1.82, 2.24) is 14.6 Å². The molecule has 3 aromatic rings. The van der Waals surface area contributed by atoms with E-state index < -0.39 is 0 Å². The fourth-order valence-electron chi connectivity index (χ4n) is 2.49. The molecule has 0 spiro atoms. The number of fused-ring (bicyclic) bond motifs is 1. The summed E-state index contributed by atoms with van der Waals surface area (Å²) in [4.78, 5) is 4.46. The normalized spacial score (nSPS) is 12.5. The van der Waals surface area contributed by atoms with Crippen LogP contribution < -0.4 is 5.32 Å². The minimum absolute atomic E-state index is 0.0935. The molecule has 0 aliphatic carbocycles. The van der Waals surface area contributed by atoms with Crippen LogP contribution in [0, 0.1) is 13.8 Å². The molecular weight excluding hydrogens is 264 g/mol. The molecule has 1 aromatic carbocycles. The average molecular weight is 282 g/mol. The second-order valence-corrected chi connectivity index (χ2v) is 5.27. The molecule has 1 atom stereocenters. The van der Waals surface area contributed by atoms with E-state index in [1.165, 1.54) is 0 Å². The summed E-state index contributed by atoms with van der Waals surface area (Å²) in [6.45, 7) is 6.09. The molecule has 0 saturated heterocycles.